The van der Waals surface area contributed by atoms with Crippen LogP contribution in [0.25, 0.3) is 0 Å². The highest BCUT2D eigenvalue weighted by atomic mass is 32.2. The fourth-order valence-electron chi connectivity index (χ4n) is 2.77. The van der Waals surface area contributed by atoms with Crippen LogP contribution in [-0.4, -0.2) is 31.7 Å². The van der Waals surface area contributed by atoms with Crippen LogP contribution in [0, 0.1) is 17.1 Å². The summed E-state index contributed by atoms with van der Waals surface area (Å²) in [4.78, 5) is 11.6. The number of fused-ring (bicyclic) bond motifs is 1. The Kier molecular flexibility index (Phi) is 4.26. The lowest BCUT2D eigenvalue weighted by molar-refractivity contribution is 0.0633. The second-order valence-electron chi connectivity index (χ2n) is 5.72. The average molecular weight is 379 g/mol. The van der Waals surface area contributed by atoms with Gasteiger partial charge in [-0.1, -0.05) is 0 Å². The summed E-state index contributed by atoms with van der Waals surface area (Å²) in [7, 11) is -3.87. The van der Waals surface area contributed by atoms with Crippen LogP contribution in [-0.2, 0) is 9.84 Å². The Morgan fingerprint density at radius 1 is 1.27 bits per heavy atom. The fraction of sp³-hybridized carbons (Fsp3) is 0.176. The minimum absolute atomic E-state index is 0.0376. The Bertz CT molecular complexity index is 1080. The fourth-order valence-corrected chi connectivity index (χ4v) is 3.66. The molecule has 0 radical (unpaired) electrons. The molecule has 2 aromatic carbocycles. The Morgan fingerprint density at radius 2 is 1.96 bits per heavy atom. The third-order valence-corrected chi connectivity index (χ3v) is 5.00. The summed E-state index contributed by atoms with van der Waals surface area (Å²) in [6.07, 6.45) is -3.41. The third kappa shape index (κ3) is 2.94. The van der Waals surface area contributed by atoms with Crippen LogP contribution < -0.4 is 4.74 Å². The Hall–Kier alpha value is -2.83. The second-order valence-corrected chi connectivity index (χ2v) is 7.71. The minimum atomic E-state index is -3.87. The maximum absolute atomic E-state index is 14.0. The van der Waals surface area contributed by atoms with E-state index in [4.69, 9.17) is 10.00 Å². The van der Waals surface area contributed by atoms with Crippen LogP contribution in [0.3, 0.4) is 0 Å². The summed E-state index contributed by atoms with van der Waals surface area (Å²) in [6.45, 7) is 0. The van der Waals surface area contributed by atoms with E-state index in [2.05, 4.69) is 0 Å². The normalized spacial score (nSPS) is 19.1. The third-order valence-electron chi connectivity index (χ3n) is 3.86. The van der Waals surface area contributed by atoms with E-state index in [1.165, 1.54) is 6.07 Å². The van der Waals surface area contributed by atoms with E-state index in [0.717, 1.165) is 30.5 Å². The molecule has 3 rings (SSSR count). The molecule has 2 aromatic rings. The number of ether oxygens (including phenoxy) is 1. The number of benzene rings is 2. The smallest absolute Gasteiger partial charge is 0.201 e. The summed E-state index contributed by atoms with van der Waals surface area (Å²) < 4.78 is 56.7. The van der Waals surface area contributed by atoms with Gasteiger partial charge in [-0.15, -0.1) is 0 Å². The summed E-state index contributed by atoms with van der Waals surface area (Å²) >= 11 is 0. The zero-order chi connectivity index (χ0) is 19.2. The number of ketones is 1. The molecule has 0 fully saturated rings. The quantitative estimate of drug-likeness (QED) is 0.878. The molecule has 9 heteroatoms. The monoisotopic (exact) mass is 379 g/mol. The molecule has 0 aliphatic heterocycles. The van der Waals surface area contributed by atoms with Gasteiger partial charge in [0.2, 0.25) is 5.78 Å². The van der Waals surface area contributed by atoms with Crippen molar-refractivity contribution in [2.45, 2.75) is 17.2 Å². The number of halogens is 2. The largest absolute Gasteiger partial charge is 0.457 e. The molecule has 0 saturated heterocycles. The molecular formula is C17H11F2NO5S. The Labute approximate surface area is 147 Å². The molecule has 1 N–H and O–H groups in total. The number of sulfone groups is 1. The first-order valence-corrected chi connectivity index (χ1v) is 9.14. The first kappa shape index (κ1) is 18.0. The van der Waals surface area contributed by atoms with Gasteiger partial charge >= 0.3 is 0 Å². The number of nitrogens with zero attached hydrogens (tertiary/aromatic N) is 1. The number of hydrogen-bond acceptors (Lipinski definition) is 6. The van der Waals surface area contributed by atoms with Gasteiger partial charge in [-0.05, 0) is 24.3 Å². The summed E-state index contributed by atoms with van der Waals surface area (Å²) in [5, 5.41) is 18.9. The Morgan fingerprint density at radius 3 is 2.58 bits per heavy atom. The van der Waals surface area contributed by atoms with Gasteiger partial charge in [0, 0.05) is 23.4 Å². The standard InChI is InChI=1S/C17H11F2NO5S/c1-26(23,24)12-3-2-11(13-14(12)17(22)15(19)16(13)21)25-10-5-8(7-20)4-9(18)6-10/h2-6,15-16,21H,1H3/t15-,16+/m1/s1. The van der Waals surface area contributed by atoms with Gasteiger partial charge in [-0.2, -0.15) is 5.26 Å². The highest BCUT2D eigenvalue weighted by Crippen LogP contribution is 2.44. The SMILES string of the molecule is CS(=O)(=O)c1ccc(Oc2cc(F)cc(C#N)c2)c2c1C(=O)[C@H](F)[C@H]2O. The first-order chi connectivity index (χ1) is 12.1. The van der Waals surface area contributed by atoms with Gasteiger partial charge in [-0.25, -0.2) is 17.2 Å². The summed E-state index contributed by atoms with van der Waals surface area (Å²) in [5.74, 6) is -2.26. The van der Waals surface area contributed by atoms with Crippen LogP contribution in [0.4, 0.5) is 8.78 Å². The highest BCUT2D eigenvalue weighted by Gasteiger charge is 2.44. The predicted octanol–water partition coefficient (Wildman–Crippen LogP) is 2.46. The van der Waals surface area contributed by atoms with Crippen LogP contribution in [0.2, 0.25) is 0 Å². The van der Waals surface area contributed by atoms with Gasteiger partial charge in [0.05, 0.1) is 16.5 Å². The molecule has 2 atom stereocenters. The molecule has 0 amide bonds. The number of aliphatic hydroxyl groups excluding tert-OH is 1. The number of alkyl halides is 1. The van der Waals surface area contributed by atoms with Crippen molar-refractivity contribution in [3.63, 3.8) is 0 Å². The molecular weight excluding hydrogens is 368 g/mol. The number of carbonyl (C=O) groups excluding carboxylic acids is 1. The number of Topliss-reactive ketones (excluding diaryl/α,β-unsaturated/α-hetero) is 1. The van der Waals surface area contributed by atoms with Crippen molar-refractivity contribution < 1.29 is 31.8 Å². The van der Waals surface area contributed by atoms with E-state index in [0.29, 0.717) is 0 Å². The lowest BCUT2D eigenvalue weighted by Crippen LogP contribution is -2.14. The molecule has 0 aromatic heterocycles. The molecule has 0 spiro atoms. The number of carbonyl (C=O) groups is 1. The average Bonchev–Trinajstić information content (AvgIpc) is 2.79. The summed E-state index contributed by atoms with van der Waals surface area (Å²) in [5.41, 5.74) is -0.848. The molecule has 134 valence electrons. The zero-order valence-electron chi connectivity index (χ0n) is 13.2. The number of rotatable bonds is 3. The maximum Gasteiger partial charge on any atom is 0.201 e. The number of aliphatic hydroxyl groups is 1. The van der Waals surface area contributed by atoms with Crippen molar-refractivity contribution in [3.8, 4) is 17.6 Å². The van der Waals surface area contributed by atoms with Crippen molar-refractivity contribution in [1.82, 2.24) is 0 Å². The minimum Gasteiger partial charge on any atom is -0.457 e. The van der Waals surface area contributed by atoms with Crippen molar-refractivity contribution >= 4 is 15.6 Å². The number of hydrogen-bond donors (Lipinski definition) is 1. The van der Waals surface area contributed by atoms with E-state index < -0.39 is 44.2 Å². The van der Waals surface area contributed by atoms with E-state index >= 15 is 0 Å². The highest BCUT2D eigenvalue weighted by molar-refractivity contribution is 7.90. The number of nitriles is 1. The molecule has 0 saturated carbocycles. The van der Waals surface area contributed by atoms with Gasteiger partial charge < -0.3 is 9.84 Å². The van der Waals surface area contributed by atoms with Crippen LogP contribution in [0.15, 0.2) is 35.2 Å². The second kappa shape index (κ2) is 6.16. The molecule has 0 bridgehead atoms. The Balaban J connectivity index is 2.19. The van der Waals surface area contributed by atoms with E-state index in [1.54, 1.807) is 6.07 Å². The topological polar surface area (TPSA) is 104 Å². The van der Waals surface area contributed by atoms with Crippen molar-refractivity contribution in [2.24, 2.45) is 0 Å². The molecule has 1 aliphatic rings. The van der Waals surface area contributed by atoms with Crippen LogP contribution in [0.5, 0.6) is 11.5 Å². The van der Waals surface area contributed by atoms with Gasteiger partial charge in [0.15, 0.2) is 16.0 Å². The maximum atomic E-state index is 14.0. The van der Waals surface area contributed by atoms with E-state index in [-0.39, 0.29) is 22.6 Å². The van der Waals surface area contributed by atoms with Crippen molar-refractivity contribution in [3.05, 3.63) is 52.8 Å². The van der Waals surface area contributed by atoms with Gasteiger partial charge in [0.1, 0.15) is 23.4 Å². The van der Waals surface area contributed by atoms with E-state index in [9.17, 15) is 27.1 Å². The molecule has 0 unspecified atom stereocenters. The summed E-state index contributed by atoms with van der Waals surface area (Å²) in [6, 6.07) is 7.06. The first-order valence-electron chi connectivity index (χ1n) is 7.25. The molecule has 1 aliphatic carbocycles. The van der Waals surface area contributed by atoms with Gasteiger partial charge in [-0.3, -0.25) is 4.79 Å². The lowest BCUT2D eigenvalue weighted by Gasteiger charge is -2.14. The van der Waals surface area contributed by atoms with Crippen LogP contribution in [0.1, 0.15) is 27.6 Å². The van der Waals surface area contributed by atoms with Crippen molar-refractivity contribution in [1.29, 1.82) is 5.26 Å². The molecule has 6 nitrogen and oxygen atoms in total. The van der Waals surface area contributed by atoms with E-state index in [1.807, 2.05) is 0 Å². The van der Waals surface area contributed by atoms with Crippen molar-refractivity contribution in [2.75, 3.05) is 6.26 Å². The zero-order valence-corrected chi connectivity index (χ0v) is 14.0. The molecule has 26 heavy (non-hydrogen) atoms. The van der Waals surface area contributed by atoms with Gasteiger partial charge in [0.25, 0.3) is 0 Å². The molecule has 0 heterocycles. The van der Waals surface area contributed by atoms with Crippen LogP contribution >= 0.6 is 0 Å². The lowest BCUT2D eigenvalue weighted by atomic mass is 10.1. The predicted molar refractivity (Wildman–Crippen MR) is 84.9 cm³/mol.